The van der Waals surface area contributed by atoms with Gasteiger partial charge in [0.1, 0.15) is 5.01 Å². The van der Waals surface area contributed by atoms with Crippen LogP contribution in [0.2, 0.25) is 0 Å². The summed E-state index contributed by atoms with van der Waals surface area (Å²) in [6, 6.07) is 13.7. The molecule has 8 heteroatoms. The van der Waals surface area contributed by atoms with Gasteiger partial charge in [0.05, 0.1) is 17.6 Å². The van der Waals surface area contributed by atoms with Gasteiger partial charge in [0, 0.05) is 34.7 Å². The predicted molar refractivity (Wildman–Crippen MR) is 125 cm³/mol. The van der Waals surface area contributed by atoms with Gasteiger partial charge in [0.2, 0.25) is 15.9 Å². The van der Waals surface area contributed by atoms with Crippen LogP contribution in [0.25, 0.3) is 21.8 Å². The van der Waals surface area contributed by atoms with Crippen LogP contribution in [0.5, 0.6) is 0 Å². The van der Waals surface area contributed by atoms with E-state index >= 15 is 0 Å². The molecule has 0 unspecified atom stereocenters. The van der Waals surface area contributed by atoms with Crippen molar-refractivity contribution < 1.29 is 13.2 Å². The first-order valence-corrected chi connectivity index (χ1v) is 13.1. The Balaban J connectivity index is 1.40. The lowest BCUT2D eigenvalue weighted by Gasteiger charge is -2.29. The summed E-state index contributed by atoms with van der Waals surface area (Å²) in [7, 11) is -3.27. The molecule has 0 bridgehead atoms. The van der Waals surface area contributed by atoms with Crippen LogP contribution in [-0.4, -0.2) is 32.1 Å². The number of carbonyl (C=O) groups is 1. The lowest BCUT2D eigenvalue weighted by molar-refractivity contribution is -0.117. The molecule has 5 rings (SSSR count). The molecule has 1 aromatic heterocycles. The van der Waals surface area contributed by atoms with Gasteiger partial charge in [-0.15, -0.1) is 11.3 Å². The second-order valence-electron chi connectivity index (χ2n) is 8.16. The van der Waals surface area contributed by atoms with E-state index in [1.807, 2.05) is 41.8 Å². The topological polar surface area (TPSA) is 79.4 Å². The molecule has 1 fully saturated rings. The van der Waals surface area contributed by atoms with Crippen molar-refractivity contribution in [2.45, 2.75) is 25.7 Å². The minimum atomic E-state index is -3.27. The normalized spacial score (nSPS) is 16.1. The molecule has 3 aromatic rings. The molecule has 0 atom stereocenters. The number of benzene rings is 2. The van der Waals surface area contributed by atoms with Crippen molar-refractivity contribution >= 4 is 38.6 Å². The van der Waals surface area contributed by atoms with E-state index < -0.39 is 10.0 Å². The first-order valence-electron chi connectivity index (χ1n) is 10.4. The molecule has 1 aliphatic heterocycles. The van der Waals surface area contributed by atoms with Gasteiger partial charge >= 0.3 is 0 Å². The van der Waals surface area contributed by atoms with E-state index in [-0.39, 0.29) is 11.8 Å². The Kier molecular flexibility index (Phi) is 5.06. The molecular weight excluding hydrogens is 430 g/mol. The largest absolute Gasteiger partial charge is 0.326 e. The summed E-state index contributed by atoms with van der Waals surface area (Å²) in [6.45, 7) is 0.527. The first kappa shape index (κ1) is 20.2. The highest BCUT2D eigenvalue weighted by molar-refractivity contribution is 7.92. The third-order valence-corrected chi connectivity index (χ3v) is 7.75. The summed E-state index contributed by atoms with van der Waals surface area (Å²) in [5, 5.41) is 5.89. The van der Waals surface area contributed by atoms with Gasteiger partial charge in [-0.3, -0.25) is 9.10 Å². The molecule has 31 heavy (non-hydrogen) atoms. The van der Waals surface area contributed by atoms with Gasteiger partial charge in [-0.2, -0.15) is 0 Å². The van der Waals surface area contributed by atoms with Crippen molar-refractivity contribution in [1.82, 2.24) is 4.98 Å². The van der Waals surface area contributed by atoms with Crippen LogP contribution < -0.4 is 9.62 Å². The average Bonchev–Trinajstić information content (AvgIpc) is 3.49. The number of anilines is 2. The standard InChI is InChI=1S/C23H23N3O3S2/c1-31(28,29)26-11-3-5-17-12-16(9-10-21(17)26)20-14-30-23(25-20)18-4-2-6-19(13-18)24-22(27)15-7-8-15/h2,4,6,9-10,12-15H,3,5,7-8,11H2,1H3,(H,24,27). The number of aryl methyl sites for hydroxylation is 1. The van der Waals surface area contributed by atoms with E-state index in [0.29, 0.717) is 6.54 Å². The van der Waals surface area contributed by atoms with Crippen molar-refractivity contribution in [3.05, 3.63) is 53.4 Å². The highest BCUT2D eigenvalue weighted by Gasteiger charge is 2.29. The zero-order valence-electron chi connectivity index (χ0n) is 17.2. The molecule has 2 aliphatic rings. The van der Waals surface area contributed by atoms with Gasteiger partial charge in [0.25, 0.3) is 0 Å². The molecule has 1 saturated carbocycles. The Morgan fingerprint density at radius 3 is 2.77 bits per heavy atom. The fourth-order valence-corrected chi connectivity index (χ4v) is 5.75. The van der Waals surface area contributed by atoms with Gasteiger partial charge in [-0.05, 0) is 55.5 Å². The Morgan fingerprint density at radius 2 is 2.00 bits per heavy atom. The van der Waals surface area contributed by atoms with Crippen molar-refractivity contribution in [3.8, 4) is 21.8 Å². The molecule has 0 spiro atoms. The molecular formula is C23H23N3O3S2. The predicted octanol–water partition coefficient (Wildman–Crippen LogP) is 4.54. The lowest BCUT2D eigenvalue weighted by atomic mass is 10.00. The van der Waals surface area contributed by atoms with Crippen LogP contribution in [0, 0.1) is 5.92 Å². The van der Waals surface area contributed by atoms with E-state index in [4.69, 9.17) is 4.98 Å². The van der Waals surface area contributed by atoms with Crippen molar-refractivity contribution in [2.75, 3.05) is 22.4 Å². The molecule has 160 valence electrons. The van der Waals surface area contributed by atoms with Crippen LogP contribution >= 0.6 is 11.3 Å². The summed E-state index contributed by atoms with van der Waals surface area (Å²) in [5.74, 6) is 0.256. The maximum Gasteiger partial charge on any atom is 0.232 e. The fourth-order valence-electron chi connectivity index (χ4n) is 3.93. The maximum atomic E-state index is 12.1. The number of nitrogens with one attached hydrogen (secondary N) is 1. The number of rotatable bonds is 5. The average molecular weight is 454 g/mol. The summed E-state index contributed by atoms with van der Waals surface area (Å²) >= 11 is 1.56. The fraction of sp³-hybridized carbons (Fsp3) is 0.304. The number of hydrogen-bond donors (Lipinski definition) is 1. The Bertz CT molecular complexity index is 1260. The van der Waals surface area contributed by atoms with Gasteiger partial charge in [-0.1, -0.05) is 18.2 Å². The van der Waals surface area contributed by atoms with Crippen LogP contribution in [0.15, 0.2) is 47.8 Å². The number of sulfonamides is 1. The quantitative estimate of drug-likeness (QED) is 0.615. The summed E-state index contributed by atoms with van der Waals surface area (Å²) in [5.41, 5.74) is 5.41. The van der Waals surface area contributed by atoms with Gasteiger partial charge < -0.3 is 5.32 Å². The summed E-state index contributed by atoms with van der Waals surface area (Å²) < 4.78 is 25.7. The minimum absolute atomic E-state index is 0.0918. The number of thiazole rings is 1. The molecule has 0 saturated heterocycles. The number of amides is 1. The van der Waals surface area contributed by atoms with Crippen LogP contribution in [-0.2, 0) is 21.2 Å². The van der Waals surface area contributed by atoms with E-state index in [1.165, 1.54) is 10.6 Å². The highest BCUT2D eigenvalue weighted by Crippen LogP contribution is 2.35. The van der Waals surface area contributed by atoms with E-state index in [9.17, 15) is 13.2 Å². The van der Waals surface area contributed by atoms with Crippen molar-refractivity contribution in [2.24, 2.45) is 5.92 Å². The zero-order chi connectivity index (χ0) is 21.6. The molecule has 6 nitrogen and oxygen atoms in total. The Hall–Kier alpha value is -2.71. The van der Waals surface area contributed by atoms with Crippen LogP contribution in [0.4, 0.5) is 11.4 Å². The molecule has 1 amide bonds. The molecule has 0 radical (unpaired) electrons. The maximum absolute atomic E-state index is 12.1. The smallest absolute Gasteiger partial charge is 0.232 e. The first-order chi connectivity index (χ1) is 14.9. The van der Waals surface area contributed by atoms with E-state index in [1.54, 1.807) is 11.3 Å². The zero-order valence-corrected chi connectivity index (χ0v) is 18.8. The lowest BCUT2D eigenvalue weighted by Crippen LogP contribution is -2.34. The van der Waals surface area contributed by atoms with Crippen LogP contribution in [0.1, 0.15) is 24.8 Å². The van der Waals surface area contributed by atoms with Crippen LogP contribution in [0.3, 0.4) is 0 Å². The highest BCUT2D eigenvalue weighted by atomic mass is 32.2. The van der Waals surface area contributed by atoms with Gasteiger partial charge in [0.15, 0.2) is 0 Å². The number of aromatic nitrogens is 1. The SMILES string of the molecule is CS(=O)(=O)N1CCCc2cc(-c3csc(-c4cccc(NC(=O)C5CC5)c4)n3)ccc21. The molecule has 1 aliphatic carbocycles. The Morgan fingerprint density at radius 1 is 1.16 bits per heavy atom. The molecule has 2 heterocycles. The number of nitrogens with zero attached hydrogens (tertiary/aromatic N) is 2. The molecule has 1 N–H and O–H groups in total. The Labute approximate surface area is 186 Å². The third kappa shape index (κ3) is 4.22. The van der Waals surface area contributed by atoms with Crippen molar-refractivity contribution in [3.63, 3.8) is 0 Å². The monoisotopic (exact) mass is 453 g/mol. The molecule has 2 aromatic carbocycles. The summed E-state index contributed by atoms with van der Waals surface area (Å²) in [6.07, 6.45) is 4.87. The van der Waals surface area contributed by atoms with Crippen molar-refractivity contribution in [1.29, 1.82) is 0 Å². The second-order valence-corrected chi connectivity index (χ2v) is 10.9. The van der Waals surface area contributed by atoms with E-state index in [2.05, 4.69) is 11.4 Å². The minimum Gasteiger partial charge on any atom is -0.326 e. The number of hydrogen-bond acceptors (Lipinski definition) is 5. The van der Waals surface area contributed by atoms with Gasteiger partial charge in [-0.25, -0.2) is 13.4 Å². The van der Waals surface area contributed by atoms with E-state index in [0.717, 1.165) is 64.4 Å². The summed E-state index contributed by atoms with van der Waals surface area (Å²) in [4.78, 5) is 16.9. The third-order valence-electron chi connectivity index (χ3n) is 5.68. The number of fused-ring (bicyclic) bond motifs is 1. The number of carbonyl (C=O) groups excluding carboxylic acids is 1. The second kappa shape index (κ2) is 7.76.